The summed E-state index contributed by atoms with van der Waals surface area (Å²) in [6.07, 6.45) is 0. The number of nitrogens with zero attached hydrogens (tertiary/aromatic N) is 2. The minimum Gasteiger partial charge on any atom is -0.384 e. The number of hydrogen-bond donors (Lipinski definition) is 2. The molecular weight excluding hydrogens is 248 g/mol. The van der Waals surface area contributed by atoms with Crippen LogP contribution in [0.15, 0.2) is 30.3 Å². The van der Waals surface area contributed by atoms with E-state index in [-0.39, 0.29) is 5.84 Å². The number of amidine groups is 1. The van der Waals surface area contributed by atoms with E-state index in [0.717, 1.165) is 22.3 Å². The molecule has 0 fully saturated rings. The number of fused-ring (bicyclic) bond motifs is 1. The molecule has 0 aliphatic rings. The van der Waals surface area contributed by atoms with Crippen LogP contribution in [-0.2, 0) is 0 Å². The highest BCUT2D eigenvalue weighted by Crippen LogP contribution is 2.24. The van der Waals surface area contributed by atoms with Crippen LogP contribution in [0.3, 0.4) is 0 Å². The number of pyridine rings is 1. The van der Waals surface area contributed by atoms with E-state index < -0.39 is 0 Å². The van der Waals surface area contributed by atoms with Crippen molar-refractivity contribution in [2.75, 3.05) is 11.9 Å². The molecule has 2 aromatic rings. The maximum absolute atomic E-state index is 7.78. The number of nitrogens with two attached hydrogens (primary N) is 1. The van der Waals surface area contributed by atoms with Gasteiger partial charge in [0.25, 0.3) is 0 Å². The maximum Gasteiger partial charge on any atom is 0.129 e. The molecule has 0 radical (unpaired) electrons. The van der Waals surface area contributed by atoms with Gasteiger partial charge in [-0.25, -0.2) is 4.98 Å². The fourth-order valence-corrected chi connectivity index (χ4v) is 2.22. The summed E-state index contributed by atoms with van der Waals surface area (Å²) >= 11 is 0. The lowest BCUT2D eigenvalue weighted by molar-refractivity contribution is 0.503. The Hall–Kier alpha value is -2.10. The van der Waals surface area contributed by atoms with E-state index in [4.69, 9.17) is 16.1 Å². The number of anilines is 1. The van der Waals surface area contributed by atoms with Crippen molar-refractivity contribution in [2.45, 2.75) is 26.8 Å². The number of nitrogens with one attached hydrogen (secondary N) is 1. The fourth-order valence-electron chi connectivity index (χ4n) is 2.22. The lowest BCUT2D eigenvalue weighted by Gasteiger charge is -2.29. The van der Waals surface area contributed by atoms with E-state index >= 15 is 0 Å². The van der Waals surface area contributed by atoms with Gasteiger partial charge in [-0.2, -0.15) is 0 Å². The lowest BCUT2D eigenvalue weighted by Crippen LogP contribution is -2.34. The maximum atomic E-state index is 7.78. The van der Waals surface area contributed by atoms with Gasteiger partial charge in [0.15, 0.2) is 0 Å². The molecule has 0 bridgehead atoms. The van der Waals surface area contributed by atoms with Crippen molar-refractivity contribution in [1.29, 1.82) is 5.41 Å². The number of hydrogen-bond acceptors (Lipinski definition) is 3. The first kappa shape index (κ1) is 14.3. The summed E-state index contributed by atoms with van der Waals surface area (Å²) in [5.74, 6) is 1.46. The highest BCUT2D eigenvalue weighted by atomic mass is 15.2. The number of aromatic nitrogens is 1. The zero-order valence-corrected chi connectivity index (χ0v) is 12.5. The van der Waals surface area contributed by atoms with E-state index in [1.54, 1.807) is 0 Å². The third-order valence-electron chi connectivity index (χ3n) is 3.93. The standard InChI is InChI=1S/C16H22N4/c1-10(2)11(3)20(4)15-9-13(16(17)18)12-7-5-6-8-14(12)19-15/h5-11H,1-4H3,(H3,17,18). The quantitative estimate of drug-likeness (QED) is 0.663. The second-order valence-electron chi connectivity index (χ2n) is 5.55. The van der Waals surface area contributed by atoms with Crippen LogP contribution in [0.1, 0.15) is 26.3 Å². The monoisotopic (exact) mass is 270 g/mol. The Bertz CT molecular complexity index is 633. The molecule has 0 saturated heterocycles. The van der Waals surface area contributed by atoms with Gasteiger partial charge in [-0.15, -0.1) is 0 Å². The highest BCUT2D eigenvalue weighted by molar-refractivity contribution is 6.07. The van der Waals surface area contributed by atoms with Gasteiger partial charge < -0.3 is 10.6 Å². The van der Waals surface area contributed by atoms with Crippen LogP contribution in [0, 0.1) is 11.3 Å². The van der Waals surface area contributed by atoms with Crippen molar-refractivity contribution in [3.63, 3.8) is 0 Å². The first-order chi connectivity index (χ1) is 9.41. The molecule has 1 heterocycles. The second-order valence-corrected chi connectivity index (χ2v) is 5.55. The molecule has 3 N–H and O–H groups in total. The summed E-state index contributed by atoms with van der Waals surface area (Å²) in [7, 11) is 2.03. The van der Waals surface area contributed by atoms with Crippen LogP contribution in [0.2, 0.25) is 0 Å². The number of nitrogen functional groups attached to an aromatic ring is 1. The van der Waals surface area contributed by atoms with Gasteiger partial charge in [0.05, 0.1) is 5.52 Å². The Labute approximate surface area is 120 Å². The van der Waals surface area contributed by atoms with Crippen molar-refractivity contribution in [2.24, 2.45) is 11.7 Å². The summed E-state index contributed by atoms with van der Waals surface area (Å²) in [5.41, 5.74) is 7.34. The third kappa shape index (κ3) is 2.59. The van der Waals surface area contributed by atoms with Crippen molar-refractivity contribution >= 4 is 22.6 Å². The van der Waals surface area contributed by atoms with E-state index in [9.17, 15) is 0 Å². The molecule has 0 amide bonds. The molecule has 106 valence electrons. The van der Waals surface area contributed by atoms with E-state index in [2.05, 4.69) is 25.7 Å². The molecule has 20 heavy (non-hydrogen) atoms. The summed E-state index contributed by atoms with van der Waals surface area (Å²) in [4.78, 5) is 6.84. The Morgan fingerprint density at radius 1 is 1.25 bits per heavy atom. The smallest absolute Gasteiger partial charge is 0.129 e. The first-order valence-corrected chi connectivity index (χ1v) is 6.88. The summed E-state index contributed by atoms with van der Waals surface area (Å²) in [5, 5.41) is 8.70. The third-order valence-corrected chi connectivity index (χ3v) is 3.93. The Balaban J connectivity index is 2.58. The van der Waals surface area contributed by atoms with E-state index in [1.165, 1.54) is 0 Å². The van der Waals surface area contributed by atoms with Crippen LogP contribution in [-0.4, -0.2) is 23.9 Å². The summed E-state index contributed by atoms with van der Waals surface area (Å²) in [6.45, 7) is 6.55. The van der Waals surface area contributed by atoms with Gasteiger partial charge >= 0.3 is 0 Å². The average molecular weight is 270 g/mol. The molecular formula is C16H22N4. The van der Waals surface area contributed by atoms with Crippen LogP contribution >= 0.6 is 0 Å². The van der Waals surface area contributed by atoms with E-state index in [0.29, 0.717) is 12.0 Å². The Morgan fingerprint density at radius 3 is 2.50 bits per heavy atom. The molecule has 1 atom stereocenters. The zero-order valence-electron chi connectivity index (χ0n) is 12.5. The van der Waals surface area contributed by atoms with E-state index in [1.807, 2.05) is 37.4 Å². The predicted octanol–water partition coefficient (Wildman–Crippen LogP) is 3.00. The van der Waals surface area contributed by atoms with Gasteiger partial charge in [-0.05, 0) is 25.0 Å². The van der Waals surface area contributed by atoms with Crippen molar-refractivity contribution < 1.29 is 0 Å². The van der Waals surface area contributed by atoms with Gasteiger partial charge in [-0.1, -0.05) is 32.0 Å². The van der Waals surface area contributed by atoms with Crippen molar-refractivity contribution in [1.82, 2.24) is 4.98 Å². The minimum absolute atomic E-state index is 0.0791. The molecule has 0 spiro atoms. The van der Waals surface area contributed by atoms with Crippen LogP contribution in [0.4, 0.5) is 5.82 Å². The lowest BCUT2D eigenvalue weighted by atomic mass is 10.0. The molecule has 4 nitrogen and oxygen atoms in total. The largest absolute Gasteiger partial charge is 0.384 e. The van der Waals surface area contributed by atoms with Crippen LogP contribution in [0.25, 0.3) is 10.9 Å². The van der Waals surface area contributed by atoms with Gasteiger partial charge in [0, 0.05) is 24.0 Å². The zero-order chi connectivity index (χ0) is 14.9. The number of benzene rings is 1. The molecule has 0 aliphatic heterocycles. The Kier molecular flexibility index (Phi) is 3.93. The molecule has 0 saturated carbocycles. The van der Waals surface area contributed by atoms with Gasteiger partial charge in [-0.3, -0.25) is 5.41 Å². The van der Waals surface area contributed by atoms with Gasteiger partial charge in [0.2, 0.25) is 0 Å². The minimum atomic E-state index is 0.0791. The number of para-hydroxylation sites is 1. The number of rotatable bonds is 4. The highest BCUT2D eigenvalue weighted by Gasteiger charge is 2.17. The molecule has 1 unspecified atom stereocenters. The molecule has 2 rings (SSSR count). The van der Waals surface area contributed by atoms with Crippen molar-refractivity contribution in [3.05, 3.63) is 35.9 Å². The fraction of sp³-hybridized carbons (Fsp3) is 0.375. The summed E-state index contributed by atoms with van der Waals surface area (Å²) in [6, 6.07) is 10.1. The molecule has 1 aromatic heterocycles. The van der Waals surface area contributed by atoms with Gasteiger partial charge in [0.1, 0.15) is 11.7 Å². The average Bonchev–Trinajstić information content (AvgIpc) is 2.44. The van der Waals surface area contributed by atoms with Crippen LogP contribution in [0.5, 0.6) is 0 Å². The van der Waals surface area contributed by atoms with Crippen LogP contribution < -0.4 is 10.6 Å². The molecule has 1 aromatic carbocycles. The molecule has 4 heteroatoms. The normalized spacial score (nSPS) is 12.7. The van der Waals surface area contributed by atoms with Crippen molar-refractivity contribution in [3.8, 4) is 0 Å². The Morgan fingerprint density at radius 2 is 1.90 bits per heavy atom. The topological polar surface area (TPSA) is 66.0 Å². The predicted molar refractivity (Wildman–Crippen MR) is 85.5 cm³/mol. The summed E-state index contributed by atoms with van der Waals surface area (Å²) < 4.78 is 0. The first-order valence-electron chi connectivity index (χ1n) is 6.88. The SMILES string of the molecule is CC(C)C(C)N(C)c1cc(C(=N)N)c2ccccc2n1. The molecule has 0 aliphatic carbocycles. The second kappa shape index (κ2) is 5.49.